The molecule has 3 rings (SSSR count). The molecule has 0 spiro atoms. The normalized spacial score (nSPS) is 13.9. The lowest BCUT2D eigenvalue weighted by atomic mass is 10.0. The lowest BCUT2D eigenvalue weighted by Crippen LogP contribution is -2.43. The largest absolute Gasteiger partial charge is 0.483 e. The Morgan fingerprint density at radius 2 is 2.07 bits per heavy atom. The number of benzene rings is 1. The second kappa shape index (κ2) is 8.68. The third-order valence-electron chi connectivity index (χ3n) is 4.78. The molecule has 0 radical (unpaired) electrons. The highest BCUT2D eigenvalue weighted by Crippen LogP contribution is 2.35. The fraction of sp³-hybridized carbons (Fsp3) is 0.450. The van der Waals surface area contributed by atoms with E-state index in [1.807, 2.05) is 13.2 Å². The fourth-order valence-corrected chi connectivity index (χ4v) is 3.96. The van der Waals surface area contributed by atoms with E-state index in [0.29, 0.717) is 35.5 Å². The maximum absolute atomic E-state index is 12.2. The van der Waals surface area contributed by atoms with Crippen LogP contribution < -0.4 is 15.7 Å². The Labute approximate surface area is 166 Å². The maximum Gasteiger partial charge on any atom is 0.339 e. The highest BCUT2D eigenvalue weighted by atomic mass is 32.2. The smallest absolute Gasteiger partial charge is 0.339 e. The van der Waals surface area contributed by atoms with Gasteiger partial charge in [-0.2, -0.15) is 11.8 Å². The third kappa shape index (κ3) is 4.32. The number of carboxylic acid groups (broad SMARTS) is 1. The quantitative estimate of drug-likeness (QED) is 0.649. The minimum Gasteiger partial charge on any atom is -0.483 e. The predicted molar refractivity (Wildman–Crippen MR) is 107 cm³/mol. The zero-order valence-electron chi connectivity index (χ0n) is 15.9. The highest BCUT2D eigenvalue weighted by Gasteiger charge is 2.23. The summed E-state index contributed by atoms with van der Waals surface area (Å²) in [5.74, 6) is -0.463. The lowest BCUT2D eigenvalue weighted by molar-refractivity contribution is -0.142. The molecule has 150 valence electrons. The van der Waals surface area contributed by atoms with Crippen LogP contribution in [-0.4, -0.2) is 41.6 Å². The van der Waals surface area contributed by atoms with E-state index in [2.05, 4.69) is 5.32 Å². The Morgan fingerprint density at radius 3 is 2.79 bits per heavy atom. The van der Waals surface area contributed by atoms with E-state index in [0.717, 1.165) is 29.4 Å². The molecule has 1 aromatic carbocycles. The van der Waals surface area contributed by atoms with Crippen molar-refractivity contribution in [2.24, 2.45) is 0 Å². The van der Waals surface area contributed by atoms with Crippen LogP contribution in [0.2, 0.25) is 0 Å². The van der Waals surface area contributed by atoms with Crippen molar-refractivity contribution >= 4 is 34.6 Å². The number of nitrogens with one attached hydrogen (secondary N) is 1. The third-order valence-corrected chi connectivity index (χ3v) is 5.43. The van der Waals surface area contributed by atoms with Crippen LogP contribution in [0, 0.1) is 6.92 Å². The maximum atomic E-state index is 12.2. The number of aryl methyl sites for hydroxylation is 2. The number of carbonyl (C=O) groups excluding carboxylic acids is 1. The van der Waals surface area contributed by atoms with Crippen molar-refractivity contribution in [2.45, 2.75) is 38.6 Å². The van der Waals surface area contributed by atoms with E-state index in [4.69, 9.17) is 9.15 Å². The van der Waals surface area contributed by atoms with Gasteiger partial charge < -0.3 is 19.6 Å². The molecular weight excluding hydrogens is 382 g/mol. The van der Waals surface area contributed by atoms with E-state index in [-0.39, 0.29) is 12.2 Å². The number of hydrogen-bond acceptors (Lipinski definition) is 6. The number of hydrogen-bond donors (Lipinski definition) is 2. The van der Waals surface area contributed by atoms with Crippen LogP contribution in [0.3, 0.4) is 0 Å². The zero-order chi connectivity index (χ0) is 20.3. The molecule has 2 N–H and O–H groups in total. The van der Waals surface area contributed by atoms with E-state index >= 15 is 0 Å². The molecule has 0 bridgehead atoms. The van der Waals surface area contributed by atoms with Gasteiger partial charge in [0.15, 0.2) is 6.61 Å². The van der Waals surface area contributed by atoms with Crippen LogP contribution >= 0.6 is 11.8 Å². The molecule has 1 unspecified atom stereocenters. The molecule has 2 aromatic rings. The Balaban J connectivity index is 1.81. The number of amides is 1. The molecule has 0 saturated heterocycles. The molecule has 7 nitrogen and oxygen atoms in total. The van der Waals surface area contributed by atoms with Gasteiger partial charge in [0.2, 0.25) is 0 Å². The number of carbonyl (C=O) groups is 2. The van der Waals surface area contributed by atoms with Crippen LogP contribution in [0.1, 0.15) is 29.5 Å². The Kier molecular flexibility index (Phi) is 6.28. The standard InChI is InChI=1S/C20H23NO6S/c1-11-8-15(26-10-17(22)21-14(19(23)24)6-7-28-2)18-12-4-3-5-13(12)20(25)27-16(18)9-11/h8-9,14H,3-7,10H2,1-2H3,(H,21,22)(H,23,24). The van der Waals surface area contributed by atoms with Crippen LogP contribution in [0.5, 0.6) is 5.75 Å². The number of aliphatic carboxylic acids is 1. The molecule has 1 atom stereocenters. The summed E-state index contributed by atoms with van der Waals surface area (Å²) in [4.78, 5) is 35.7. The molecule has 8 heteroatoms. The summed E-state index contributed by atoms with van der Waals surface area (Å²) in [6, 6.07) is 2.64. The van der Waals surface area contributed by atoms with Gasteiger partial charge in [0, 0.05) is 5.56 Å². The van der Waals surface area contributed by atoms with Gasteiger partial charge in [0.1, 0.15) is 17.4 Å². The number of carboxylic acids is 1. The second-order valence-corrected chi connectivity index (χ2v) is 7.85. The number of thioether (sulfide) groups is 1. The molecule has 0 saturated carbocycles. The molecule has 0 aliphatic heterocycles. The van der Waals surface area contributed by atoms with E-state index < -0.39 is 17.9 Å². The van der Waals surface area contributed by atoms with Crippen molar-refractivity contribution < 1.29 is 23.8 Å². The molecule has 0 fully saturated rings. The first-order valence-corrected chi connectivity index (χ1v) is 10.5. The summed E-state index contributed by atoms with van der Waals surface area (Å²) in [5.41, 5.74) is 2.57. The summed E-state index contributed by atoms with van der Waals surface area (Å²) in [7, 11) is 0. The summed E-state index contributed by atoms with van der Waals surface area (Å²) in [5, 5.41) is 12.5. The van der Waals surface area contributed by atoms with Gasteiger partial charge in [0.25, 0.3) is 5.91 Å². The number of fused-ring (bicyclic) bond motifs is 3. The summed E-state index contributed by atoms with van der Waals surface area (Å²) < 4.78 is 11.2. The van der Waals surface area contributed by atoms with Gasteiger partial charge in [-0.1, -0.05) is 0 Å². The monoisotopic (exact) mass is 405 g/mol. The Bertz CT molecular complexity index is 967. The lowest BCUT2D eigenvalue weighted by Gasteiger charge is -2.16. The Hall–Kier alpha value is -2.48. The van der Waals surface area contributed by atoms with E-state index in [9.17, 15) is 19.5 Å². The summed E-state index contributed by atoms with van der Waals surface area (Å²) in [6.45, 7) is 1.54. The van der Waals surface area contributed by atoms with Gasteiger partial charge in [-0.3, -0.25) is 4.79 Å². The Morgan fingerprint density at radius 1 is 1.32 bits per heavy atom. The SMILES string of the molecule is CSCCC(NC(=O)COc1cc(C)cc2oc(=O)c3c(c12)CCC3)C(=O)O. The average molecular weight is 405 g/mol. The van der Waals surface area contributed by atoms with E-state index in [1.54, 1.807) is 12.1 Å². The van der Waals surface area contributed by atoms with Crippen molar-refractivity contribution in [2.75, 3.05) is 18.6 Å². The first kappa shape index (κ1) is 20.3. The van der Waals surface area contributed by atoms with Gasteiger partial charge in [-0.25, -0.2) is 9.59 Å². The van der Waals surface area contributed by atoms with Crippen LogP contribution in [0.25, 0.3) is 11.0 Å². The minimum atomic E-state index is -1.07. The van der Waals surface area contributed by atoms with Crippen LogP contribution in [0.15, 0.2) is 21.3 Å². The predicted octanol–water partition coefficient (Wildman–Crippen LogP) is 2.29. The molecule has 1 aromatic heterocycles. The van der Waals surface area contributed by atoms with Gasteiger partial charge >= 0.3 is 11.6 Å². The van der Waals surface area contributed by atoms with Crippen molar-refractivity contribution in [3.05, 3.63) is 39.2 Å². The molecule has 1 aliphatic carbocycles. The second-order valence-electron chi connectivity index (χ2n) is 6.86. The molecule has 1 heterocycles. The number of ether oxygens (including phenoxy) is 1. The molecule has 1 amide bonds. The zero-order valence-corrected chi connectivity index (χ0v) is 16.7. The fourth-order valence-electron chi connectivity index (χ4n) is 3.49. The van der Waals surface area contributed by atoms with Crippen molar-refractivity contribution in [1.82, 2.24) is 5.32 Å². The minimum absolute atomic E-state index is 0.310. The van der Waals surface area contributed by atoms with Crippen molar-refractivity contribution in [1.29, 1.82) is 0 Å². The van der Waals surface area contributed by atoms with Crippen LogP contribution in [-0.2, 0) is 22.4 Å². The molecule has 1 aliphatic rings. The van der Waals surface area contributed by atoms with Crippen molar-refractivity contribution in [3.8, 4) is 5.75 Å². The summed E-state index contributed by atoms with van der Waals surface area (Å²) >= 11 is 1.52. The van der Waals surface area contributed by atoms with Crippen LogP contribution in [0.4, 0.5) is 0 Å². The molecule has 28 heavy (non-hydrogen) atoms. The summed E-state index contributed by atoms with van der Waals surface area (Å²) in [6.07, 6.45) is 4.54. The van der Waals surface area contributed by atoms with Gasteiger partial charge in [0.05, 0.1) is 5.39 Å². The van der Waals surface area contributed by atoms with Gasteiger partial charge in [-0.15, -0.1) is 0 Å². The van der Waals surface area contributed by atoms with Gasteiger partial charge in [-0.05, 0) is 67.9 Å². The topological polar surface area (TPSA) is 106 Å². The van der Waals surface area contributed by atoms with Crippen molar-refractivity contribution in [3.63, 3.8) is 0 Å². The first-order chi connectivity index (χ1) is 13.4. The number of rotatable bonds is 8. The highest BCUT2D eigenvalue weighted by molar-refractivity contribution is 7.98. The average Bonchev–Trinajstić information content (AvgIpc) is 3.13. The first-order valence-electron chi connectivity index (χ1n) is 9.13. The molecular formula is C20H23NO6S. The van der Waals surface area contributed by atoms with E-state index in [1.165, 1.54) is 11.8 Å².